The highest BCUT2D eigenvalue weighted by Gasteiger charge is 2.20. The molecule has 150 valence electrons. The first-order chi connectivity index (χ1) is 13.6. The lowest BCUT2D eigenvalue weighted by Crippen LogP contribution is -2.48. The van der Waals surface area contributed by atoms with E-state index in [1.807, 2.05) is 12.1 Å². The molecule has 6 nitrogen and oxygen atoms in total. The van der Waals surface area contributed by atoms with Crippen LogP contribution in [0.1, 0.15) is 10.4 Å². The lowest BCUT2D eigenvalue weighted by molar-refractivity contribution is 0.0944. The second-order valence-electron chi connectivity index (χ2n) is 6.58. The van der Waals surface area contributed by atoms with Gasteiger partial charge >= 0.3 is 0 Å². The predicted molar refractivity (Wildman–Crippen MR) is 107 cm³/mol. The Morgan fingerprint density at radius 1 is 1.04 bits per heavy atom. The van der Waals surface area contributed by atoms with E-state index >= 15 is 0 Å². The monoisotopic (exact) mass is 387 g/mol. The molecule has 0 spiro atoms. The summed E-state index contributed by atoms with van der Waals surface area (Å²) < 4.78 is 24.5. The van der Waals surface area contributed by atoms with Crippen LogP contribution in [0.4, 0.5) is 10.1 Å². The molecule has 0 radical (unpaired) electrons. The molecule has 0 aromatic heterocycles. The lowest BCUT2D eigenvalue weighted by Gasteiger charge is -2.36. The normalized spacial score (nSPS) is 14.6. The van der Waals surface area contributed by atoms with E-state index in [4.69, 9.17) is 9.47 Å². The number of amides is 1. The van der Waals surface area contributed by atoms with Gasteiger partial charge in [-0.25, -0.2) is 4.39 Å². The van der Waals surface area contributed by atoms with Crippen LogP contribution < -0.4 is 19.7 Å². The van der Waals surface area contributed by atoms with Crippen LogP contribution in [0.2, 0.25) is 0 Å². The number of hydrogen-bond donors (Lipinski definition) is 1. The number of benzene rings is 2. The minimum Gasteiger partial charge on any atom is -0.493 e. The highest BCUT2D eigenvalue weighted by atomic mass is 19.1. The molecule has 1 fully saturated rings. The maximum Gasteiger partial charge on any atom is 0.255 e. The number of nitrogens with zero attached hydrogens (tertiary/aromatic N) is 2. The average molecular weight is 387 g/mol. The standard InChI is InChI=1S/C21H26FN3O3/c1-27-19-9-5-6-16(20(19)28-2)21(26)23-10-11-24-12-14-25(15-13-24)18-8-4-3-7-17(18)22/h3-9H,10-15H2,1-2H3,(H,23,26). The molecule has 1 N–H and O–H groups in total. The second-order valence-corrected chi connectivity index (χ2v) is 6.58. The van der Waals surface area contributed by atoms with E-state index in [0.29, 0.717) is 29.3 Å². The van der Waals surface area contributed by atoms with Gasteiger partial charge in [0.1, 0.15) is 5.82 Å². The Hall–Kier alpha value is -2.80. The van der Waals surface area contributed by atoms with Gasteiger partial charge in [-0.2, -0.15) is 0 Å². The molecular weight excluding hydrogens is 361 g/mol. The predicted octanol–water partition coefficient (Wildman–Crippen LogP) is 2.39. The van der Waals surface area contributed by atoms with Gasteiger partial charge in [-0.05, 0) is 24.3 Å². The zero-order valence-electron chi connectivity index (χ0n) is 16.3. The highest BCUT2D eigenvalue weighted by Crippen LogP contribution is 2.30. The molecule has 28 heavy (non-hydrogen) atoms. The molecule has 0 saturated carbocycles. The third-order valence-corrected chi connectivity index (χ3v) is 4.93. The van der Waals surface area contributed by atoms with Crippen molar-refractivity contribution in [2.24, 2.45) is 0 Å². The number of nitrogens with one attached hydrogen (secondary N) is 1. The minimum atomic E-state index is -0.194. The summed E-state index contributed by atoms with van der Waals surface area (Å²) in [5.41, 5.74) is 1.10. The van der Waals surface area contributed by atoms with Gasteiger partial charge in [0.25, 0.3) is 5.91 Å². The quantitative estimate of drug-likeness (QED) is 0.791. The van der Waals surface area contributed by atoms with Gasteiger partial charge in [-0.15, -0.1) is 0 Å². The Balaban J connectivity index is 1.48. The number of hydrogen-bond acceptors (Lipinski definition) is 5. The lowest BCUT2D eigenvalue weighted by atomic mass is 10.1. The highest BCUT2D eigenvalue weighted by molar-refractivity contribution is 5.97. The fourth-order valence-corrected chi connectivity index (χ4v) is 3.41. The molecule has 7 heteroatoms. The number of anilines is 1. The van der Waals surface area contributed by atoms with Crippen molar-refractivity contribution < 1.29 is 18.7 Å². The van der Waals surface area contributed by atoms with Crippen molar-refractivity contribution in [1.29, 1.82) is 0 Å². The zero-order valence-corrected chi connectivity index (χ0v) is 16.3. The number of ether oxygens (including phenoxy) is 2. The van der Waals surface area contributed by atoms with Crippen molar-refractivity contribution in [3.05, 3.63) is 53.8 Å². The average Bonchev–Trinajstić information content (AvgIpc) is 2.74. The first kappa shape index (κ1) is 19.9. The third kappa shape index (κ3) is 4.54. The molecule has 3 rings (SSSR count). The number of methoxy groups -OCH3 is 2. The number of rotatable bonds is 7. The molecule has 0 atom stereocenters. The van der Waals surface area contributed by atoms with Crippen molar-refractivity contribution in [2.75, 3.05) is 58.4 Å². The van der Waals surface area contributed by atoms with Crippen LogP contribution in [0.25, 0.3) is 0 Å². The van der Waals surface area contributed by atoms with Gasteiger partial charge in [0.2, 0.25) is 0 Å². The summed E-state index contributed by atoms with van der Waals surface area (Å²) in [6.07, 6.45) is 0. The van der Waals surface area contributed by atoms with Crippen LogP contribution in [-0.4, -0.2) is 64.3 Å². The summed E-state index contributed by atoms with van der Waals surface area (Å²) in [5, 5.41) is 2.93. The van der Waals surface area contributed by atoms with E-state index in [2.05, 4.69) is 15.1 Å². The Morgan fingerprint density at radius 3 is 2.46 bits per heavy atom. The molecule has 2 aromatic carbocycles. The van der Waals surface area contributed by atoms with E-state index in [9.17, 15) is 9.18 Å². The summed E-state index contributed by atoms with van der Waals surface area (Å²) in [4.78, 5) is 16.8. The Bertz CT molecular complexity index is 807. The molecule has 0 aliphatic carbocycles. The summed E-state index contributed by atoms with van der Waals surface area (Å²) in [7, 11) is 3.06. The smallest absolute Gasteiger partial charge is 0.255 e. The van der Waals surface area contributed by atoms with Crippen LogP contribution >= 0.6 is 0 Å². The van der Waals surface area contributed by atoms with E-state index in [0.717, 1.165) is 32.7 Å². The Kier molecular flexibility index (Phi) is 6.71. The van der Waals surface area contributed by atoms with Gasteiger partial charge in [0, 0.05) is 39.3 Å². The third-order valence-electron chi connectivity index (χ3n) is 4.93. The fourth-order valence-electron chi connectivity index (χ4n) is 3.41. The molecule has 1 saturated heterocycles. The molecule has 2 aromatic rings. The number of para-hydroxylation sites is 2. The van der Waals surface area contributed by atoms with Crippen molar-refractivity contribution >= 4 is 11.6 Å². The van der Waals surface area contributed by atoms with Crippen LogP contribution in [0.3, 0.4) is 0 Å². The zero-order chi connectivity index (χ0) is 19.9. The van der Waals surface area contributed by atoms with Gasteiger partial charge in [-0.1, -0.05) is 18.2 Å². The van der Waals surface area contributed by atoms with Crippen LogP contribution in [0.5, 0.6) is 11.5 Å². The van der Waals surface area contributed by atoms with E-state index in [1.54, 1.807) is 31.4 Å². The summed E-state index contributed by atoms with van der Waals surface area (Å²) in [6.45, 7) is 4.44. The molecular formula is C21H26FN3O3. The van der Waals surface area contributed by atoms with Crippen molar-refractivity contribution in [2.45, 2.75) is 0 Å². The first-order valence-corrected chi connectivity index (χ1v) is 9.35. The maximum absolute atomic E-state index is 13.9. The van der Waals surface area contributed by atoms with Crippen molar-refractivity contribution in [3.8, 4) is 11.5 Å². The first-order valence-electron chi connectivity index (χ1n) is 9.35. The second kappa shape index (κ2) is 9.41. The van der Waals surface area contributed by atoms with Gasteiger partial charge in [0.15, 0.2) is 11.5 Å². The van der Waals surface area contributed by atoms with Crippen LogP contribution in [0.15, 0.2) is 42.5 Å². The number of halogens is 1. The fraction of sp³-hybridized carbons (Fsp3) is 0.381. The molecule has 1 aliphatic rings. The summed E-state index contributed by atoms with van der Waals surface area (Å²) in [6, 6.07) is 12.1. The molecule has 0 unspecified atom stereocenters. The van der Waals surface area contributed by atoms with Gasteiger partial charge in [-0.3, -0.25) is 9.69 Å². The summed E-state index contributed by atoms with van der Waals surface area (Å²) in [5.74, 6) is 0.580. The number of carbonyl (C=O) groups excluding carboxylic acids is 1. The van der Waals surface area contributed by atoms with Crippen LogP contribution in [-0.2, 0) is 0 Å². The van der Waals surface area contributed by atoms with E-state index < -0.39 is 0 Å². The van der Waals surface area contributed by atoms with Gasteiger partial charge in [0.05, 0.1) is 25.5 Å². The molecule has 1 amide bonds. The van der Waals surface area contributed by atoms with E-state index in [1.165, 1.54) is 13.2 Å². The molecule has 0 bridgehead atoms. The van der Waals surface area contributed by atoms with Crippen molar-refractivity contribution in [3.63, 3.8) is 0 Å². The Labute approximate surface area is 164 Å². The largest absolute Gasteiger partial charge is 0.493 e. The van der Waals surface area contributed by atoms with E-state index in [-0.39, 0.29) is 11.7 Å². The van der Waals surface area contributed by atoms with Gasteiger partial charge < -0.3 is 19.7 Å². The molecule has 1 aliphatic heterocycles. The maximum atomic E-state index is 13.9. The van der Waals surface area contributed by atoms with Crippen LogP contribution in [0, 0.1) is 5.82 Å². The topological polar surface area (TPSA) is 54.0 Å². The Morgan fingerprint density at radius 2 is 1.79 bits per heavy atom. The van der Waals surface area contributed by atoms with Crippen molar-refractivity contribution in [1.82, 2.24) is 10.2 Å². The summed E-state index contributed by atoms with van der Waals surface area (Å²) >= 11 is 0. The SMILES string of the molecule is COc1cccc(C(=O)NCCN2CCN(c3ccccc3F)CC2)c1OC. The number of carbonyl (C=O) groups is 1. The molecule has 1 heterocycles. The number of piperazine rings is 1. The minimum absolute atomic E-state index is 0.185.